The van der Waals surface area contributed by atoms with E-state index in [1.807, 2.05) is 18.2 Å². The van der Waals surface area contributed by atoms with Crippen molar-refractivity contribution < 1.29 is 5.11 Å². The summed E-state index contributed by atoms with van der Waals surface area (Å²) in [7, 11) is 0. The number of phenolic OH excluding ortho intramolecular Hbond substituents is 1. The van der Waals surface area contributed by atoms with Gasteiger partial charge in [0.1, 0.15) is 5.75 Å². The number of rotatable bonds is 1. The summed E-state index contributed by atoms with van der Waals surface area (Å²) in [5.74, 6) is 0.271. The van der Waals surface area contributed by atoms with Crippen molar-refractivity contribution >= 4 is 10.9 Å². The first-order chi connectivity index (χ1) is 5.81. The summed E-state index contributed by atoms with van der Waals surface area (Å²) in [5.41, 5.74) is 7.15. The summed E-state index contributed by atoms with van der Waals surface area (Å²) >= 11 is 0. The molecule has 0 saturated heterocycles. The maximum atomic E-state index is 9.41. The summed E-state index contributed by atoms with van der Waals surface area (Å²) in [6, 6.07) is 7.34. The zero-order valence-corrected chi connectivity index (χ0v) is 6.54. The average molecular weight is 162 g/mol. The fraction of sp³-hybridized carbons (Fsp3) is 0.111. The molecule has 3 heteroatoms. The van der Waals surface area contributed by atoms with E-state index in [1.54, 1.807) is 6.07 Å². The van der Waals surface area contributed by atoms with E-state index in [4.69, 9.17) is 5.73 Å². The number of para-hydroxylation sites is 1. The molecule has 0 atom stereocenters. The Morgan fingerprint density at radius 3 is 2.92 bits per heavy atom. The van der Waals surface area contributed by atoms with E-state index in [9.17, 15) is 5.11 Å². The number of hydrogen-bond donors (Lipinski definition) is 3. The maximum Gasteiger partial charge on any atom is 0.139 e. The topological polar surface area (TPSA) is 62.0 Å². The van der Waals surface area contributed by atoms with Gasteiger partial charge in [0.05, 0.1) is 5.52 Å². The molecule has 2 rings (SSSR count). The molecule has 62 valence electrons. The van der Waals surface area contributed by atoms with Gasteiger partial charge >= 0.3 is 0 Å². The van der Waals surface area contributed by atoms with E-state index in [-0.39, 0.29) is 5.75 Å². The Morgan fingerprint density at radius 1 is 1.42 bits per heavy atom. The molecule has 1 aromatic heterocycles. The zero-order chi connectivity index (χ0) is 8.55. The smallest absolute Gasteiger partial charge is 0.139 e. The number of aromatic hydroxyl groups is 1. The second kappa shape index (κ2) is 2.53. The van der Waals surface area contributed by atoms with Crippen LogP contribution in [0.15, 0.2) is 24.3 Å². The van der Waals surface area contributed by atoms with Crippen LogP contribution in [0.25, 0.3) is 10.9 Å². The van der Waals surface area contributed by atoms with Crippen LogP contribution in [-0.2, 0) is 6.54 Å². The minimum absolute atomic E-state index is 0.271. The van der Waals surface area contributed by atoms with Crippen molar-refractivity contribution in [2.45, 2.75) is 6.54 Å². The third kappa shape index (κ3) is 0.950. The van der Waals surface area contributed by atoms with Crippen molar-refractivity contribution in [2.75, 3.05) is 0 Å². The van der Waals surface area contributed by atoms with Gasteiger partial charge in [0.25, 0.3) is 0 Å². The predicted molar refractivity (Wildman–Crippen MR) is 47.9 cm³/mol. The molecule has 0 aliphatic carbocycles. The highest BCUT2D eigenvalue weighted by Gasteiger charge is 2.01. The molecule has 0 saturated carbocycles. The molecular weight excluding hydrogens is 152 g/mol. The molecule has 12 heavy (non-hydrogen) atoms. The van der Waals surface area contributed by atoms with E-state index < -0.39 is 0 Å². The second-order valence-corrected chi connectivity index (χ2v) is 2.74. The number of H-pyrrole nitrogens is 1. The maximum absolute atomic E-state index is 9.41. The van der Waals surface area contributed by atoms with Crippen LogP contribution in [-0.4, -0.2) is 10.1 Å². The van der Waals surface area contributed by atoms with Crippen LogP contribution in [0.3, 0.4) is 0 Å². The Morgan fingerprint density at radius 2 is 2.25 bits per heavy atom. The van der Waals surface area contributed by atoms with Crippen molar-refractivity contribution in [1.82, 2.24) is 4.98 Å². The number of nitrogens with two attached hydrogens (primary N) is 1. The lowest BCUT2D eigenvalue weighted by atomic mass is 10.2. The number of phenols is 1. The van der Waals surface area contributed by atoms with E-state index >= 15 is 0 Å². The third-order valence-corrected chi connectivity index (χ3v) is 1.91. The first kappa shape index (κ1) is 7.18. The molecule has 0 bridgehead atoms. The van der Waals surface area contributed by atoms with Gasteiger partial charge in [-0.3, -0.25) is 0 Å². The van der Waals surface area contributed by atoms with Crippen LogP contribution in [0.1, 0.15) is 5.69 Å². The summed E-state index contributed by atoms with van der Waals surface area (Å²) in [4.78, 5) is 3.04. The van der Waals surface area contributed by atoms with Crippen LogP contribution >= 0.6 is 0 Å². The third-order valence-electron chi connectivity index (χ3n) is 1.91. The van der Waals surface area contributed by atoms with Crippen LogP contribution in [0.4, 0.5) is 0 Å². The number of aromatic amines is 1. The van der Waals surface area contributed by atoms with E-state index in [0.717, 1.165) is 16.6 Å². The van der Waals surface area contributed by atoms with Gasteiger partial charge in [-0.25, -0.2) is 0 Å². The number of nitrogens with one attached hydrogen (secondary N) is 1. The van der Waals surface area contributed by atoms with Crippen molar-refractivity contribution in [3.8, 4) is 5.75 Å². The molecule has 0 amide bonds. The van der Waals surface area contributed by atoms with Gasteiger partial charge < -0.3 is 15.8 Å². The largest absolute Gasteiger partial charge is 0.506 e. The minimum atomic E-state index is 0.271. The molecule has 0 spiro atoms. The standard InChI is InChI=1S/C9H10N2O/c10-5-7-4-6-2-1-3-8(12)9(6)11-7/h1-4,11-12H,5,10H2. The van der Waals surface area contributed by atoms with Gasteiger partial charge in [0, 0.05) is 17.6 Å². The fourth-order valence-electron chi connectivity index (χ4n) is 1.31. The Labute approximate surface area is 69.8 Å². The molecule has 1 heterocycles. The van der Waals surface area contributed by atoms with Gasteiger partial charge in [-0.05, 0) is 12.1 Å². The first-order valence-electron chi connectivity index (χ1n) is 3.81. The molecule has 1 aromatic carbocycles. The molecule has 3 nitrogen and oxygen atoms in total. The van der Waals surface area contributed by atoms with Crippen molar-refractivity contribution in [3.63, 3.8) is 0 Å². The Bertz CT molecular complexity index is 406. The number of fused-ring (bicyclic) bond motifs is 1. The van der Waals surface area contributed by atoms with Gasteiger partial charge in [-0.15, -0.1) is 0 Å². The summed E-state index contributed by atoms with van der Waals surface area (Å²) in [5, 5.41) is 10.4. The lowest BCUT2D eigenvalue weighted by Gasteiger charge is -1.92. The average Bonchev–Trinajstić information content (AvgIpc) is 2.49. The monoisotopic (exact) mass is 162 g/mol. The van der Waals surface area contributed by atoms with E-state index in [0.29, 0.717) is 6.54 Å². The Hall–Kier alpha value is -1.48. The van der Waals surface area contributed by atoms with Gasteiger partial charge in [0.15, 0.2) is 0 Å². The Kier molecular flexibility index (Phi) is 1.52. The zero-order valence-electron chi connectivity index (χ0n) is 6.54. The predicted octanol–water partition coefficient (Wildman–Crippen LogP) is 1.33. The molecule has 0 aliphatic rings. The molecule has 4 N–H and O–H groups in total. The van der Waals surface area contributed by atoms with E-state index in [2.05, 4.69) is 4.98 Å². The van der Waals surface area contributed by atoms with Gasteiger partial charge in [-0.2, -0.15) is 0 Å². The number of hydrogen-bond acceptors (Lipinski definition) is 2. The highest BCUT2D eigenvalue weighted by atomic mass is 16.3. The van der Waals surface area contributed by atoms with Crippen LogP contribution in [0, 0.1) is 0 Å². The molecule has 0 radical (unpaired) electrons. The normalized spacial score (nSPS) is 10.8. The van der Waals surface area contributed by atoms with Gasteiger partial charge in [0.2, 0.25) is 0 Å². The van der Waals surface area contributed by atoms with Crippen LogP contribution in [0.5, 0.6) is 5.75 Å². The highest BCUT2D eigenvalue weighted by molar-refractivity contribution is 5.85. The molecule has 2 aromatic rings. The Balaban J connectivity index is 2.74. The van der Waals surface area contributed by atoms with Crippen molar-refractivity contribution in [1.29, 1.82) is 0 Å². The molecule has 0 aliphatic heterocycles. The highest BCUT2D eigenvalue weighted by Crippen LogP contribution is 2.23. The second-order valence-electron chi connectivity index (χ2n) is 2.74. The molecule has 0 unspecified atom stereocenters. The van der Waals surface area contributed by atoms with Crippen molar-refractivity contribution in [3.05, 3.63) is 30.0 Å². The molecular formula is C9H10N2O. The first-order valence-corrected chi connectivity index (χ1v) is 3.81. The molecule has 0 fully saturated rings. The van der Waals surface area contributed by atoms with Crippen LogP contribution in [0.2, 0.25) is 0 Å². The quantitative estimate of drug-likeness (QED) is 0.592. The SMILES string of the molecule is NCc1cc2cccc(O)c2[nH]1. The summed E-state index contributed by atoms with van der Waals surface area (Å²) in [6.45, 7) is 0.466. The lowest BCUT2D eigenvalue weighted by molar-refractivity contribution is 0.480. The summed E-state index contributed by atoms with van der Waals surface area (Å²) in [6.07, 6.45) is 0. The lowest BCUT2D eigenvalue weighted by Crippen LogP contribution is -1.94. The minimum Gasteiger partial charge on any atom is -0.506 e. The van der Waals surface area contributed by atoms with Crippen molar-refractivity contribution in [2.24, 2.45) is 5.73 Å². The van der Waals surface area contributed by atoms with Gasteiger partial charge in [-0.1, -0.05) is 12.1 Å². The number of aromatic nitrogens is 1. The van der Waals surface area contributed by atoms with E-state index in [1.165, 1.54) is 0 Å². The number of benzene rings is 1. The fourth-order valence-corrected chi connectivity index (χ4v) is 1.31. The summed E-state index contributed by atoms with van der Waals surface area (Å²) < 4.78 is 0. The van der Waals surface area contributed by atoms with Crippen LogP contribution < -0.4 is 5.73 Å².